The van der Waals surface area contributed by atoms with E-state index in [0.29, 0.717) is 16.9 Å². The molecule has 0 spiro atoms. The van der Waals surface area contributed by atoms with Crippen LogP contribution in [0.2, 0.25) is 0 Å². The zero-order valence-corrected chi connectivity index (χ0v) is 9.21. The summed E-state index contributed by atoms with van der Waals surface area (Å²) < 4.78 is 6.46. The molecular formula is C10H10N2O3S. The van der Waals surface area contributed by atoms with Crippen LogP contribution in [0.1, 0.15) is 29.8 Å². The van der Waals surface area contributed by atoms with Crippen molar-refractivity contribution in [3.05, 3.63) is 11.8 Å². The highest BCUT2D eigenvalue weighted by molar-refractivity contribution is 7.20. The van der Waals surface area contributed by atoms with Gasteiger partial charge >= 0.3 is 5.97 Å². The van der Waals surface area contributed by atoms with Crippen LogP contribution >= 0.6 is 11.3 Å². The molecule has 16 heavy (non-hydrogen) atoms. The van der Waals surface area contributed by atoms with Crippen molar-refractivity contribution in [2.45, 2.75) is 25.4 Å². The molecule has 0 saturated heterocycles. The topological polar surface area (TPSA) is 75.2 Å². The van der Waals surface area contributed by atoms with E-state index in [1.165, 1.54) is 17.8 Å². The number of hydrogen-bond acceptors (Lipinski definition) is 4. The number of carboxylic acid groups (broad SMARTS) is 1. The third-order valence-electron chi connectivity index (χ3n) is 2.71. The number of nitrogens with zero attached hydrogens (tertiary/aromatic N) is 1. The third-order valence-corrected chi connectivity index (χ3v) is 3.61. The maximum atomic E-state index is 10.7. The zero-order valence-electron chi connectivity index (χ0n) is 8.40. The molecular weight excluding hydrogens is 228 g/mol. The number of thiazole rings is 1. The van der Waals surface area contributed by atoms with Gasteiger partial charge in [-0.05, 0) is 25.3 Å². The largest absolute Gasteiger partial charge is 0.477 e. The molecule has 84 valence electrons. The molecule has 2 heterocycles. The van der Waals surface area contributed by atoms with Gasteiger partial charge in [0.05, 0.1) is 4.70 Å². The summed E-state index contributed by atoms with van der Waals surface area (Å²) in [5.41, 5.74) is 0.765. The normalized spacial score (nSPS) is 16.2. The fourth-order valence-corrected chi connectivity index (χ4v) is 2.47. The molecule has 1 fully saturated rings. The number of ether oxygens (including phenoxy) is 1. The first-order chi connectivity index (χ1) is 7.72. The molecule has 0 aromatic carbocycles. The molecule has 1 aliphatic rings. The van der Waals surface area contributed by atoms with E-state index in [9.17, 15) is 4.79 Å². The molecule has 6 heteroatoms. The second-order valence-corrected chi connectivity index (χ2v) is 4.84. The lowest BCUT2D eigenvalue weighted by molar-refractivity contribution is 0.0691. The zero-order chi connectivity index (χ0) is 11.1. The van der Waals surface area contributed by atoms with Gasteiger partial charge in [-0.2, -0.15) is 4.98 Å². The van der Waals surface area contributed by atoms with Crippen molar-refractivity contribution < 1.29 is 14.6 Å². The van der Waals surface area contributed by atoms with Gasteiger partial charge in [0.1, 0.15) is 11.8 Å². The van der Waals surface area contributed by atoms with Crippen LogP contribution in [-0.4, -0.2) is 27.1 Å². The Hall–Kier alpha value is -1.56. The van der Waals surface area contributed by atoms with E-state index in [4.69, 9.17) is 9.84 Å². The van der Waals surface area contributed by atoms with Crippen LogP contribution in [0.3, 0.4) is 0 Å². The van der Waals surface area contributed by atoms with E-state index >= 15 is 0 Å². The highest BCUT2D eigenvalue weighted by atomic mass is 32.1. The first-order valence-electron chi connectivity index (χ1n) is 5.12. The van der Waals surface area contributed by atoms with Crippen molar-refractivity contribution in [3.63, 3.8) is 0 Å². The second-order valence-electron chi connectivity index (χ2n) is 3.85. The van der Waals surface area contributed by atoms with Crippen molar-refractivity contribution in [2.75, 3.05) is 0 Å². The lowest BCUT2D eigenvalue weighted by atomic mass is 9.96. The van der Waals surface area contributed by atoms with Crippen LogP contribution in [0.15, 0.2) is 6.07 Å². The molecule has 3 rings (SSSR count). The Labute approximate surface area is 95.1 Å². The first-order valence-corrected chi connectivity index (χ1v) is 5.93. The monoisotopic (exact) mass is 238 g/mol. The van der Waals surface area contributed by atoms with E-state index in [1.54, 1.807) is 6.07 Å². The van der Waals surface area contributed by atoms with E-state index in [1.807, 2.05) is 0 Å². The van der Waals surface area contributed by atoms with Crippen LogP contribution in [0.25, 0.3) is 10.3 Å². The smallest absolute Gasteiger partial charge is 0.352 e. The van der Waals surface area contributed by atoms with Crippen molar-refractivity contribution in [1.29, 1.82) is 0 Å². The first kappa shape index (κ1) is 9.65. The van der Waals surface area contributed by atoms with Gasteiger partial charge in [-0.3, -0.25) is 0 Å². The van der Waals surface area contributed by atoms with Gasteiger partial charge in [0, 0.05) is 0 Å². The molecule has 0 radical (unpaired) electrons. The van der Waals surface area contributed by atoms with Gasteiger partial charge in [0.15, 0.2) is 5.65 Å². The average Bonchev–Trinajstić information content (AvgIpc) is 2.67. The predicted octanol–water partition coefficient (Wildman–Crippen LogP) is 2.25. The Bertz CT molecular complexity index is 510. The molecule has 1 aliphatic carbocycles. The molecule has 2 aromatic heterocycles. The number of carbonyl (C=O) groups is 1. The second kappa shape index (κ2) is 3.48. The molecule has 0 aliphatic heterocycles. The third kappa shape index (κ3) is 1.55. The molecule has 5 nitrogen and oxygen atoms in total. The molecule has 2 N–H and O–H groups in total. The van der Waals surface area contributed by atoms with Crippen LogP contribution in [0.5, 0.6) is 5.19 Å². The molecule has 0 atom stereocenters. The summed E-state index contributed by atoms with van der Waals surface area (Å²) in [5.74, 6) is -0.966. The van der Waals surface area contributed by atoms with Crippen molar-refractivity contribution in [1.82, 2.24) is 9.97 Å². The van der Waals surface area contributed by atoms with Gasteiger partial charge < -0.3 is 14.8 Å². The summed E-state index contributed by atoms with van der Waals surface area (Å²) in [7, 11) is 0. The van der Waals surface area contributed by atoms with E-state index < -0.39 is 5.97 Å². The number of aromatic carboxylic acids is 1. The number of rotatable bonds is 3. The Morgan fingerprint density at radius 2 is 2.44 bits per heavy atom. The fourth-order valence-electron chi connectivity index (χ4n) is 1.59. The number of hydrogen-bond donors (Lipinski definition) is 2. The van der Waals surface area contributed by atoms with Gasteiger partial charge in [-0.25, -0.2) is 4.79 Å². The summed E-state index contributed by atoms with van der Waals surface area (Å²) in [4.78, 5) is 17.7. The number of fused-ring (bicyclic) bond motifs is 1. The fraction of sp³-hybridized carbons (Fsp3) is 0.400. The van der Waals surface area contributed by atoms with Crippen molar-refractivity contribution in [3.8, 4) is 5.19 Å². The summed E-state index contributed by atoms with van der Waals surface area (Å²) in [5, 5.41) is 9.41. The van der Waals surface area contributed by atoms with Crippen LogP contribution in [0, 0.1) is 0 Å². The van der Waals surface area contributed by atoms with E-state index in [0.717, 1.165) is 17.5 Å². The maximum absolute atomic E-state index is 10.7. The minimum Gasteiger partial charge on any atom is -0.477 e. The summed E-state index contributed by atoms with van der Waals surface area (Å²) in [6.07, 6.45) is 3.70. The van der Waals surface area contributed by atoms with Crippen molar-refractivity contribution >= 4 is 27.7 Å². The maximum Gasteiger partial charge on any atom is 0.352 e. The Morgan fingerprint density at radius 3 is 3.00 bits per heavy atom. The average molecular weight is 238 g/mol. The van der Waals surface area contributed by atoms with E-state index in [-0.39, 0.29) is 5.69 Å². The van der Waals surface area contributed by atoms with Gasteiger partial charge in [0.25, 0.3) is 5.19 Å². The van der Waals surface area contributed by atoms with Crippen LogP contribution < -0.4 is 4.74 Å². The highest BCUT2D eigenvalue weighted by Crippen LogP contribution is 2.32. The minimum absolute atomic E-state index is 0.170. The van der Waals surface area contributed by atoms with Gasteiger partial charge in [0.2, 0.25) is 0 Å². The Kier molecular flexibility index (Phi) is 2.10. The number of H-pyrrole nitrogens is 1. The summed E-state index contributed by atoms with van der Waals surface area (Å²) in [6.45, 7) is 0. The number of carboxylic acids is 1. The molecule has 0 bridgehead atoms. The summed E-state index contributed by atoms with van der Waals surface area (Å²) in [6, 6.07) is 1.59. The highest BCUT2D eigenvalue weighted by Gasteiger charge is 2.21. The van der Waals surface area contributed by atoms with E-state index in [2.05, 4.69) is 9.97 Å². The van der Waals surface area contributed by atoms with Crippen LogP contribution in [0.4, 0.5) is 0 Å². The molecule has 0 unspecified atom stereocenters. The van der Waals surface area contributed by atoms with Crippen molar-refractivity contribution in [2.24, 2.45) is 0 Å². The van der Waals surface area contributed by atoms with Gasteiger partial charge in [-0.15, -0.1) is 0 Å². The standard InChI is InChI=1S/C10H10N2O3S/c13-9(14)6-4-7-8(11-6)12-10(16-7)15-5-2-1-3-5/h4-5,11H,1-3H2,(H,13,14). The van der Waals surface area contributed by atoms with Gasteiger partial charge in [-0.1, -0.05) is 11.3 Å². The summed E-state index contributed by atoms with van der Waals surface area (Å²) >= 11 is 1.39. The molecule has 1 saturated carbocycles. The number of aromatic amines is 1. The number of aromatic nitrogens is 2. The molecule has 2 aromatic rings. The van der Waals surface area contributed by atoms with Crippen LogP contribution in [-0.2, 0) is 0 Å². The lowest BCUT2D eigenvalue weighted by Gasteiger charge is -2.24. The SMILES string of the molecule is O=C(O)c1cc2sc(OC3CCC3)nc2[nH]1. The Balaban J connectivity index is 1.86. The Morgan fingerprint density at radius 1 is 1.62 bits per heavy atom. The number of nitrogens with one attached hydrogen (secondary N) is 1. The quantitative estimate of drug-likeness (QED) is 0.860. The lowest BCUT2D eigenvalue weighted by Crippen LogP contribution is -2.24. The predicted molar refractivity (Wildman–Crippen MR) is 59.2 cm³/mol. The minimum atomic E-state index is -0.966. The molecule has 0 amide bonds.